The lowest BCUT2D eigenvalue weighted by molar-refractivity contribution is -0.384. The molecule has 0 aliphatic rings. The molecule has 0 radical (unpaired) electrons. The quantitative estimate of drug-likeness (QED) is 0.565. The van der Waals surface area contributed by atoms with E-state index in [9.17, 15) is 14.5 Å². The zero-order valence-electron chi connectivity index (χ0n) is 7.30. The maximum absolute atomic E-state index is 13.1. The van der Waals surface area contributed by atoms with E-state index in [0.29, 0.717) is 5.56 Å². The first-order chi connectivity index (χ1) is 6.06. The fourth-order valence-corrected chi connectivity index (χ4v) is 1.12. The summed E-state index contributed by atoms with van der Waals surface area (Å²) in [5, 5.41) is 12.9. The van der Waals surface area contributed by atoms with Crippen molar-refractivity contribution in [3.05, 3.63) is 33.6 Å². The minimum absolute atomic E-state index is 0.0735. The molecule has 5 heteroatoms. The van der Waals surface area contributed by atoms with Gasteiger partial charge in [-0.3, -0.25) is 10.1 Å². The summed E-state index contributed by atoms with van der Waals surface area (Å²) in [6.07, 6.45) is 0. The van der Waals surface area contributed by atoms with Gasteiger partial charge in [0.25, 0.3) is 5.69 Å². The van der Waals surface area contributed by atoms with Crippen LogP contribution in [0.4, 0.5) is 15.8 Å². The number of nitro groups is 1. The van der Waals surface area contributed by atoms with Crippen molar-refractivity contribution in [2.45, 2.75) is 6.92 Å². The molecule has 0 unspecified atom stereocenters. The molecule has 0 amide bonds. The van der Waals surface area contributed by atoms with Crippen LogP contribution < -0.4 is 5.32 Å². The number of benzene rings is 1. The van der Waals surface area contributed by atoms with E-state index in [1.807, 2.05) is 0 Å². The van der Waals surface area contributed by atoms with Crippen LogP contribution in [-0.4, -0.2) is 12.0 Å². The molecule has 0 aliphatic heterocycles. The number of rotatable bonds is 2. The number of hydrogen-bond acceptors (Lipinski definition) is 3. The lowest BCUT2D eigenvalue weighted by Crippen LogP contribution is -2.00. The van der Waals surface area contributed by atoms with Crippen molar-refractivity contribution in [2.24, 2.45) is 0 Å². The molecule has 1 aromatic rings. The summed E-state index contributed by atoms with van der Waals surface area (Å²) in [4.78, 5) is 9.87. The zero-order valence-corrected chi connectivity index (χ0v) is 7.30. The second kappa shape index (κ2) is 3.38. The number of anilines is 1. The molecule has 0 fully saturated rings. The van der Waals surface area contributed by atoms with Crippen LogP contribution in [0.5, 0.6) is 0 Å². The second-order valence-electron chi connectivity index (χ2n) is 2.65. The lowest BCUT2D eigenvalue weighted by atomic mass is 10.2. The standard InChI is InChI=1S/C8H9FN2O2/c1-5-3-6(9)8(10-2)7(4-5)11(12)13/h3-4,10H,1-2H3. The topological polar surface area (TPSA) is 55.2 Å². The summed E-state index contributed by atoms with van der Waals surface area (Å²) < 4.78 is 13.1. The molecular weight excluding hydrogens is 175 g/mol. The highest BCUT2D eigenvalue weighted by Crippen LogP contribution is 2.28. The molecule has 0 spiro atoms. The van der Waals surface area contributed by atoms with E-state index >= 15 is 0 Å². The molecule has 0 aliphatic carbocycles. The van der Waals surface area contributed by atoms with Gasteiger partial charge in [0.05, 0.1) is 4.92 Å². The van der Waals surface area contributed by atoms with Gasteiger partial charge in [-0.15, -0.1) is 0 Å². The first kappa shape index (κ1) is 9.44. The van der Waals surface area contributed by atoms with Gasteiger partial charge in [-0.25, -0.2) is 4.39 Å². The minimum Gasteiger partial charge on any atom is -0.380 e. The van der Waals surface area contributed by atoms with Crippen molar-refractivity contribution < 1.29 is 9.31 Å². The molecule has 0 atom stereocenters. The van der Waals surface area contributed by atoms with Crippen LogP contribution in [0.3, 0.4) is 0 Å². The number of halogens is 1. The van der Waals surface area contributed by atoms with Gasteiger partial charge in [-0.1, -0.05) is 0 Å². The summed E-state index contributed by atoms with van der Waals surface area (Å²) in [5.74, 6) is -0.603. The van der Waals surface area contributed by atoms with Gasteiger partial charge in [0.2, 0.25) is 0 Å². The molecule has 1 aromatic carbocycles. The van der Waals surface area contributed by atoms with Crippen LogP contribution in [0.1, 0.15) is 5.56 Å². The first-order valence-corrected chi connectivity index (χ1v) is 3.68. The molecule has 0 aromatic heterocycles. The Kier molecular flexibility index (Phi) is 2.46. The van der Waals surface area contributed by atoms with E-state index in [4.69, 9.17) is 0 Å². The lowest BCUT2D eigenvalue weighted by Gasteiger charge is -2.03. The minimum atomic E-state index is -0.609. The van der Waals surface area contributed by atoms with Gasteiger partial charge in [-0.05, 0) is 18.6 Å². The molecule has 0 heterocycles. The van der Waals surface area contributed by atoms with E-state index in [0.717, 1.165) is 0 Å². The Morgan fingerprint density at radius 3 is 2.62 bits per heavy atom. The maximum Gasteiger partial charge on any atom is 0.295 e. The van der Waals surface area contributed by atoms with Crippen LogP contribution in [0.25, 0.3) is 0 Å². The van der Waals surface area contributed by atoms with Gasteiger partial charge in [0.15, 0.2) is 5.82 Å². The van der Waals surface area contributed by atoms with Crippen molar-refractivity contribution in [3.8, 4) is 0 Å². The average Bonchev–Trinajstić information content (AvgIpc) is 2.02. The van der Waals surface area contributed by atoms with Crippen molar-refractivity contribution in [1.29, 1.82) is 0 Å². The molecule has 1 N–H and O–H groups in total. The fraction of sp³-hybridized carbons (Fsp3) is 0.250. The SMILES string of the molecule is CNc1c(F)cc(C)cc1[N+](=O)[O-]. The molecule has 4 nitrogen and oxygen atoms in total. The molecule has 0 bridgehead atoms. The average molecular weight is 184 g/mol. The molecule has 1 rings (SSSR count). The highest BCUT2D eigenvalue weighted by molar-refractivity contribution is 5.63. The van der Waals surface area contributed by atoms with Gasteiger partial charge in [-0.2, -0.15) is 0 Å². The normalized spacial score (nSPS) is 9.77. The summed E-state index contributed by atoms with van der Waals surface area (Å²) in [7, 11) is 1.45. The third kappa shape index (κ3) is 1.74. The van der Waals surface area contributed by atoms with Crippen molar-refractivity contribution in [2.75, 3.05) is 12.4 Å². The van der Waals surface area contributed by atoms with E-state index < -0.39 is 10.7 Å². The third-order valence-corrected chi connectivity index (χ3v) is 1.66. The Labute approximate surface area is 74.5 Å². The summed E-state index contributed by atoms with van der Waals surface area (Å²) in [6, 6.07) is 2.58. The van der Waals surface area contributed by atoms with Gasteiger partial charge in [0.1, 0.15) is 5.69 Å². The van der Waals surface area contributed by atoms with Crippen molar-refractivity contribution in [1.82, 2.24) is 0 Å². The number of nitrogens with zero attached hydrogens (tertiary/aromatic N) is 1. The fourth-order valence-electron chi connectivity index (χ4n) is 1.12. The molecule has 70 valence electrons. The van der Waals surface area contributed by atoms with Crippen molar-refractivity contribution in [3.63, 3.8) is 0 Å². The molecular formula is C8H9FN2O2. The van der Waals surface area contributed by atoms with Crippen molar-refractivity contribution >= 4 is 11.4 Å². The summed E-state index contributed by atoms with van der Waals surface area (Å²) in [6.45, 7) is 1.61. The Balaban J connectivity index is 3.38. The predicted molar refractivity (Wildman–Crippen MR) is 47.3 cm³/mol. The number of nitrogens with one attached hydrogen (secondary N) is 1. The number of hydrogen-bond donors (Lipinski definition) is 1. The molecule has 0 saturated heterocycles. The smallest absolute Gasteiger partial charge is 0.295 e. The van der Waals surface area contributed by atoms with Crippen LogP contribution in [-0.2, 0) is 0 Å². The summed E-state index contributed by atoms with van der Waals surface area (Å²) in [5.41, 5.74) is 0.221. The van der Waals surface area contributed by atoms with Crippen LogP contribution in [0.15, 0.2) is 12.1 Å². The highest BCUT2D eigenvalue weighted by Gasteiger charge is 2.17. The van der Waals surface area contributed by atoms with E-state index in [-0.39, 0.29) is 11.4 Å². The van der Waals surface area contributed by atoms with E-state index in [1.54, 1.807) is 6.92 Å². The van der Waals surface area contributed by atoms with Crippen LogP contribution >= 0.6 is 0 Å². The van der Waals surface area contributed by atoms with E-state index in [1.165, 1.54) is 19.2 Å². The zero-order chi connectivity index (χ0) is 10.0. The van der Waals surface area contributed by atoms with Gasteiger partial charge in [0, 0.05) is 13.1 Å². The third-order valence-electron chi connectivity index (χ3n) is 1.66. The number of aryl methyl sites for hydroxylation is 1. The van der Waals surface area contributed by atoms with Gasteiger partial charge < -0.3 is 5.32 Å². The largest absolute Gasteiger partial charge is 0.380 e. The highest BCUT2D eigenvalue weighted by atomic mass is 19.1. The first-order valence-electron chi connectivity index (χ1n) is 3.68. The van der Waals surface area contributed by atoms with Crippen LogP contribution in [0, 0.1) is 22.9 Å². The molecule has 0 saturated carbocycles. The Morgan fingerprint density at radius 2 is 2.15 bits per heavy atom. The number of nitro benzene ring substituents is 1. The molecule has 13 heavy (non-hydrogen) atoms. The Bertz CT molecular complexity index is 352. The summed E-state index contributed by atoms with van der Waals surface area (Å²) >= 11 is 0. The van der Waals surface area contributed by atoms with Crippen LogP contribution in [0.2, 0.25) is 0 Å². The monoisotopic (exact) mass is 184 g/mol. The second-order valence-corrected chi connectivity index (χ2v) is 2.65. The Morgan fingerprint density at radius 1 is 1.54 bits per heavy atom. The predicted octanol–water partition coefficient (Wildman–Crippen LogP) is 2.08. The maximum atomic E-state index is 13.1. The Hall–Kier alpha value is -1.65. The van der Waals surface area contributed by atoms with Gasteiger partial charge >= 0.3 is 0 Å². The van der Waals surface area contributed by atoms with E-state index in [2.05, 4.69) is 5.32 Å².